The van der Waals surface area contributed by atoms with Gasteiger partial charge in [-0.05, 0) is 6.92 Å². The molecule has 1 saturated heterocycles. The topological polar surface area (TPSA) is 85.4 Å². The summed E-state index contributed by atoms with van der Waals surface area (Å²) in [5.41, 5.74) is 0.431. The smallest absolute Gasteiger partial charge is 0.333 e. The van der Waals surface area contributed by atoms with Gasteiger partial charge in [0, 0.05) is 11.6 Å². The zero-order valence-electron chi connectivity index (χ0n) is 10.4. The average Bonchev–Trinajstić information content (AvgIpc) is 3.17. The molecule has 0 aromatic heterocycles. The number of hydrogen-bond donors (Lipinski definition) is 1. The number of hydrogen-bond acceptors (Lipinski definition) is 6. The van der Waals surface area contributed by atoms with Crippen molar-refractivity contribution in [1.29, 1.82) is 0 Å². The molecule has 0 aliphatic carbocycles. The van der Waals surface area contributed by atoms with E-state index in [4.69, 9.17) is 14.6 Å². The van der Waals surface area contributed by atoms with E-state index >= 15 is 0 Å². The summed E-state index contributed by atoms with van der Waals surface area (Å²) in [7, 11) is 0. The van der Waals surface area contributed by atoms with E-state index in [-0.39, 0.29) is 25.3 Å². The van der Waals surface area contributed by atoms with Gasteiger partial charge in [-0.2, -0.15) is 0 Å². The molecule has 1 N–H and O–H groups in total. The van der Waals surface area contributed by atoms with Crippen molar-refractivity contribution in [2.24, 2.45) is 0 Å². The molecule has 6 heteroatoms. The van der Waals surface area contributed by atoms with Crippen LogP contribution in [0.25, 0.3) is 0 Å². The minimum Gasteiger partial charge on any atom is -0.460 e. The summed E-state index contributed by atoms with van der Waals surface area (Å²) >= 11 is 0. The van der Waals surface area contributed by atoms with Gasteiger partial charge >= 0.3 is 11.9 Å². The van der Waals surface area contributed by atoms with Crippen LogP contribution in [0.3, 0.4) is 0 Å². The highest BCUT2D eigenvalue weighted by Gasteiger charge is 2.24. The minimum absolute atomic E-state index is 0.0465. The fourth-order valence-corrected chi connectivity index (χ4v) is 0.661. The van der Waals surface area contributed by atoms with Gasteiger partial charge in [0.1, 0.15) is 19.3 Å². The lowest BCUT2D eigenvalue weighted by atomic mass is 10.4. The Hall–Kier alpha value is -1.66. The lowest BCUT2D eigenvalue weighted by Crippen LogP contribution is -2.09. The van der Waals surface area contributed by atoms with Crippen LogP contribution in [0.1, 0.15) is 6.92 Å². The van der Waals surface area contributed by atoms with Gasteiger partial charge in [0.25, 0.3) is 0 Å². The molecular weight excluding hydrogens is 240 g/mol. The summed E-state index contributed by atoms with van der Waals surface area (Å²) < 4.78 is 13.9. The zero-order valence-corrected chi connectivity index (χ0v) is 10.4. The molecule has 1 fully saturated rings. The first-order chi connectivity index (χ1) is 8.51. The Kier molecular flexibility index (Phi) is 8.51. The van der Waals surface area contributed by atoms with Crippen LogP contribution in [0, 0.1) is 0 Å². The van der Waals surface area contributed by atoms with Crippen molar-refractivity contribution in [2.75, 3.05) is 26.4 Å². The summed E-state index contributed by atoms with van der Waals surface area (Å²) in [5, 5.41) is 8.10. The fourth-order valence-electron chi connectivity index (χ4n) is 0.661. The predicted molar refractivity (Wildman–Crippen MR) is 63.8 cm³/mol. The van der Waals surface area contributed by atoms with Gasteiger partial charge in [-0.3, -0.25) is 0 Å². The molecule has 6 nitrogen and oxygen atoms in total. The number of aliphatic hydroxyl groups is 1. The molecular formula is C12H18O6. The molecule has 102 valence electrons. The van der Waals surface area contributed by atoms with Crippen molar-refractivity contribution in [1.82, 2.24) is 0 Å². The van der Waals surface area contributed by atoms with E-state index in [1.807, 2.05) is 0 Å². The van der Waals surface area contributed by atoms with Gasteiger partial charge in [-0.25, -0.2) is 9.59 Å². The summed E-state index contributed by atoms with van der Waals surface area (Å²) in [4.78, 5) is 20.8. The SMILES string of the molecule is C=C(C)C(=O)OCC1CO1.C=CC(=O)OCCO. The van der Waals surface area contributed by atoms with Gasteiger partial charge < -0.3 is 19.3 Å². The van der Waals surface area contributed by atoms with E-state index in [1.165, 1.54) is 0 Å². The molecule has 1 aliphatic heterocycles. The van der Waals surface area contributed by atoms with Crippen LogP contribution in [-0.4, -0.2) is 49.6 Å². The number of carbonyl (C=O) groups excluding carboxylic acids is 2. The highest BCUT2D eigenvalue weighted by molar-refractivity contribution is 5.86. The van der Waals surface area contributed by atoms with Gasteiger partial charge in [-0.15, -0.1) is 0 Å². The van der Waals surface area contributed by atoms with Gasteiger partial charge in [0.2, 0.25) is 0 Å². The van der Waals surface area contributed by atoms with E-state index in [0.29, 0.717) is 18.8 Å². The number of aliphatic hydroxyl groups excluding tert-OH is 1. The highest BCUT2D eigenvalue weighted by atomic mass is 16.6. The first-order valence-electron chi connectivity index (χ1n) is 5.35. The summed E-state index contributed by atoms with van der Waals surface area (Å²) in [6.07, 6.45) is 1.19. The number of ether oxygens (including phenoxy) is 3. The van der Waals surface area contributed by atoms with Crippen LogP contribution in [0.15, 0.2) is 24.8 Å². The Morgan fingerprint density at radius 1 is 1.50 bits per heavy atom. The molecule has 1 atom stereocenters. The maximum atomic E-state index is 10.7. The second-order valence-electron chi connectivity index (χ2n) is 3.43. The lowest BCUT2D eigenvalue weighted by molar-refractivity contribution is -0.139. The second-order valence-corrected chi connectivity index (χ2v) is 3.43. The first-order valence-corrected chi connectivity index (χ1v) is 5.35. The van der Waals surface area contributed by atoms with Crippen LogP contribution in [0.4, 0.5) is 0 Å². The molecule has 18 heavy (non-hydrogen) atoms. The third-order valence-corrected chi connectivity index (χ3v) is 1.65. The normalized spacial score (nSPS) is 15.8. The van der Waals surface area contributed by atoms with Crippen molar-refractivity contribution >= 4 is 11.9 Å². The second kappa shape index (κ2) is 9.38. The van der Waals surface area contributed by atoms with Gasteiger partial charge in [-0.1, -0.05) is 13.2 Å². The molecule has 0 amide bonds. The van der Waals surface area contributed by atoms with Gasteiger partial charge in [0.05, 0.1) is 13.2 Å². The standard InChI is InChI=1S/C7H10O3.C5H8O3/c1-5(2)7(8)10-4-6-3-9-6;1-2-5(7)8-4-3-6/h6H,1,3-4H2,2H3;2,6H,1,3-4H2. The van der Waals surface area contributed by atoms with Crippen molar-refractivity contribution < 1.29 is 28.9 Å². The minimum atomic E-state index is -0.501. The average molecular weight is 258 g/mol. The summed E-state index contributed by atoms with van der Waals surface area (Å²) in [6, 6.07) is 0. The third-order valence-electron chi connectivity index (χ3n) is 1.65. The molecule has 0 aromatic carbocycles. The van der Waals surface area contributed by atoms with Crippen molar-refractivity contribution in [3.63, 3.8) is 0 Å². The Morgan fingerprint density at radius 3 is 2.50 bits per heavy atom. The maximum absolute atomic E-state index is 10.7. The Balaban J connectivity index is 0.000000331. The molecule has 0 aromatic rings. The molecule has 0 saturated carbocycles. The van der Waals surface area contributed by atoms with E-state index in [2.05, 4.69) is 17.9 Å². The quantitative estimate of drug-likeness (QED) is 0.416. The Labute approximate surface area is 106 Å². The maximum Gasteiger partial charge on any atom is 0.333 e. The molecule has 1 unspecified atom stereocenters. The molecule has 1 rings (SSSR count). The Morgan fingerprint density at radius 2 is 2.11 bits per heavy atom. The number of epoxide rings is 1. The molecule has 1 heterocycles. The van der Waals surface area contributed by atoms with Gasteiger partial charge in [0.15, 0.2) is 0 Å². The molecule has 0 bridgehead atoms. The largest absolute Gasteiger partial charge is 0.460 e. The monoisotopic (exact) mass is 258 g/mol. The van der Waals surface area contributed by atoms with Crippen molar-refractivity contribution in [2.45, 2.75) is 13.0 Å². The fraction of sp³-hybridized carbons (Fsp3) is 0.500. The first kappa shape index (κ1) is 16.3. The predicted octanol–water partition coefficient (Wildman–Crippen LogP) is 0.212. The van der Waals surface area contributed by atoms with Crippen LogP contribution in [0.5, 0.6) is 0 Å². The molecule has 0 spiro atoms. The van der Waals surface area contributed by atoms with E-state index in [9.17, 15) is 9.59 Å². The van der Waals surface area contributed by atoms with E-state index in [0.717, 1.165) is 6.08 Å². The lowest BCUT2D eigenvalue weighted by Gasteiger charge is -1.99. The number of carbonyl (C=O) groups is 2. The van der Waals surface area contributed by atoms with Crippen LogP contribution >= 0.6 is 0 Å². The van der Waals surface area contributed by atoms with Crippen LogP contribution in [0.2, 0.25) is 0 Å². The Bertz CT molecular complexity index is 306. The molecule has 0 radical (unpaired) electrons. The zero-order chi connectivity index (χ0) is 14.0. The van der Waals surface area contributed by atoms with E-state index < -0.39 is 5.97 Å². The number of esters is 2. The van der Waals surface area contributed by atoms with Crippen molar-refractivity contribution in [3.05, 3.63) is 24.8 Å². The third kappa shape index (κ3) is 9.56. The van der Waals surface area contributed by atoms with Crippen molar-refractivity contribution in [3.8, 4) is 0 Å². The van der Waals surface area contributed by atoms with Crippen LogP contribution in [-0.2, 0) is 23.8 Å². The molecule has 1 aliphatic rings. The summed E-state index contributed by atoms with van der Waals surface area (Å²) in [5.74, 6) is -0.838. The van der Waals surface area contributed by atoms with Crippen LogP contribution < -0.4 is 0 Å². The number of rotatable bonds is 6. The summed E-state index contributed by atoms with van der Waals surface area (Å²) in [6.45, 7) is 9.20. The highest BCUT2D eigenvalue weighted by Crippen LogP contribution is 2.09. The van der Waals surface area contributed by atoms with E-state index in [1.54, 1.807) is 6.92 Å².